The van der Waals surface area contributed by atoms with Crippen LogP contribution in [0.1, 0.15) is 43.7 Å². The number of methoxy groups -OCH3 is 1. The van der Waals surface area contributed by atoms with Crippen molar-refractivity contribution in [1.82, 2.24) is 24.9 Å². The Labute approximate surface area is 213 Å². The molecule has 0 unspecified atom stereocenters. The maximum absolute atomic E-state index is 12.9. The van der Waals surface area contributed by atoms with Crippen molar-refractivity contribution in [3.05, 3.63) is 40.9 Å². The summed E-state index contributed by atoms with van der Waals surface area (Å²) in [5.41, 5.74) is 6.67. The fraction of sp³-hybridized carbons (Fsp3) is 0.435. The van der Waals surface area contributed by atoms with E-state index in [0.717, 1.165) is 0 Å². The predicted molar refractivity (Wildman–Crippen MR) is 134 cm³/mol. The van der Waals surface area contributed by atoms with E-state index in [9.17, 15) is 9.59 Å². The highest BCUT2D eigenvalue weighted by atomic mass is 35.5. The number of aromatic nitrogens is 4. The van der Waals surface area contributed by atoms with E-state index in [1.807, 2.05) is 0 Å². The van der Waals surface area contributed by atoms with Crippen LogP contribution in [0.4, 0.5) is 16.3 Å². The van der Waals surface area contributed by atoms with Gasteiger partial charge < -0.3 is 25.3 Å². The summed E-state index contributed by atoms with van der Waals surface area (Å²) in [7, 11) is 3.03. The van der Waals surface area contributed by atoms with E-state index in [1.165, 1.54) is 42.0 Å². The number of hydrogen-bond acceptors (Lipinski definition) is 9. The standard InChI is InChI=1S/C23H30ClN7O5/c1-13(11-35-12-14-7-16(25)17(34-6)10-26-14)28-21(32)15-9-27-31-19(8-18(24)29-20(15)31)30(5)22(33)36-23(2,3)4/h7-10,13H,11-12H2,1-6H3,(H2,25,26)(H,28,32)/t13-/m1/s1. The SMILES string of the molecule is COc1cnc(COC[C@@H](C)NC(=O)c2cnn3c(N(C)C(=O)OC(C)(C)C)cc(Cl)nc23)cc1N. The van der Waals surface area contributed by atoms with Gasteiger partial charge in [0.1, 0.15) is 22.1 Å². The summed E-state index contributed by atoms with van der Waals surface area (Å²) in [5.74, 6) is 0.358. The Morgan fingerprint density at radius 2 is 2.00 bits per heavy atom. The highest BCUT2D eigenvalue weighted by Gasteiger charge is 2.25. The molecule has 0 saturated heterocycles. The van der Waals surface area contributed by atoms with E-state index < -0.39 is 17.6 Å². The number of pyridine rings is 1. The smallest absolute Gasteiger partial charge is 0.415 e. The molecule has 0 aromatic carbocycles. The number of rotatable bonds is 8. The minimum absolute atomic E-state index is 0.0881. The number of fused-ring (bicyclic) bond motifs is 1. The van der Waals surface area contributed by atoms with Crippen LogP contribution in [0.25, 0.3) is 5.65 Å². The molecule has 0 aliphatic rings. The Morgan fingerprint density at radius 3 is 2.64 bits per heavy atom. The van der Waals surface area contributed by atoms with Crippen LogP contribution >= 0.6 is 11.6 Å². The summed E-state index contributed by atoms with van der Waals surface area (Å²) in [4.78, 5) is 35.2. The Balaban J connectivity index is 1.68. The first-order chi connectivity index (χ1) is 16.9. The summed E-state index contributed by atoms with van der Waals surface area (Å²) in [6.07, 6.45) is 2.28. The topological polar surface area (TPSA) is 146 Å². The summed E-state index contributed by atoms with van der Waals surface area (Å²) in [6.45, 7) is 7.51. The summed E-state index contributed by atoms with van der Waals surface area (Å²) >= 11 is 6.20. The molecule has 3 aromatic heterocycles. The summed E-state index contributed by atoms with van der Waals surface area (Å²) < 4.78 is 17.5. The van der Waals surface area contributed by atoms with Crippen molar-refractivity contribution >= 4 is 40.8 Å². The predicted octanol–water partition coefficient (Wildman–Crippen LogP) is 3.07. The van der Waals surface area contributed by atoms with Crippen LogP contribution in [0.3, 0.4) is 0 Å². The van der Waals surface area contributed by atoms with Gasteiger partial charge in [-0.25, -0.2) is 9.78 Å². The van der Waals surface area contributed by atoms with Crippen LogP contribution in [0.15, 0.2) is 24.5 Å². The van der Waals surface area contributed by atoms with Crippen molar-refractivity contribution in [2.45, 2.75) is 45.9 Å². The molecule has 3 N–H and O–H groups in total. The molecule has 0 spiro atoms. The molecule has 0 radical (unpaired) electrons. The monoisotopic (exact) mass is 519 g/mol. The van der Waals surface area contributed by atoms with Crippen molar-refractivity contribution in [2.24, 2.45) is 0 Å². The highest BCUT2D eigenvalue weighted by Crippen LogP contribution is 2.23. The lowest BCUT2D eigenvalue weighted by Crippen LogP contribution is -2.36. The van der Waals surface area contributed by atoms with Gasteiger partial charge in [0.05, 0.1) is 44.1 Å². The van der Waals surface area contributed by atoms with Crippen molar-refractivity contribution in [2.75, 3.05) is 31.4 Å². The number of hydrogen-bond donors (Lipinski definition) is 2. The third-order valence-corrected chi connectivity index (χ3v) is 5.04. The number of ether oxygens (including phenoxy) is 3. The molecule has 194 valence electrons. The maximum atomic E-state index is 12.9. The van der Waals surface area contributed by atoms with E-state index in [4.69, 9.17) is 31.5 Å². The number of nitrogens with zero attached hydrogens (tertiary/aromatic N) is 5. The minimum Gasteiger partial charge on any atom is -0.493 e. The first-order valence-electron chi connectivity index (χ1n) is 11.1. The van der Waals surface area contributed by atoms with Crippen LogP contribution < -0.4 is 20.7 Å². The van der Waals surface area contributed by atoms with E-state index in [1.54, 1.807) is 33.8 Å². The van der Waals surface area contributed by atoms with Gasteiger partial charge in [0.2, 0.25) is 0 Å². The zero-order valence-corrected chi connectivity index (χ0v) is 21.8. The molecule has 36 heavy (non-hydrogen) atoms. The number of nitrogens with one attached hydrogen (secondary N) is 1. The van der Waals surface area contributed by atoms with Gasteiger partial charge in [-0.05, 0) is 33.8 Å². The molecule has 0 aliphatic heterocycles. The van der Waals surface area contributed by atoms with Crippen molar-refractivity contribution in [3.63, 3.8) is 0 Å². The molecule has 3 heterocycles. The van der Waals surface area contributed by atoms with Crippen LogP contribution in [0.5, 0.6) is 5.75 Å². The highest BCUT2D eigenvalue weighted by molar-refractivity contribution is 6.30. The minimum atomic E-state index is -0.690. The third kappa shape index (κ3) is 6.52. The zero-order chi connectivity index (χ0) is 26.6. The van der Waals surface area contributed by atoms with E-state index >= 15 is 0 Å². The molecule has 1 atom stereocenters. The second kappa shape index (κ2) is 11.0. The van der Waals surface area contributed by atoms with E-state index in [2.05, 4.69) is 20.4 Å². The van der Waals surface area contributed by atoms with Crippen molar-refractivity contribution < 1.29 is 23.8 Å². The second-order valence-corrected chi connectivity index (χ2v) is 9.46. The molecule has 0 fully saturated rings. The molecule has 13 heteroatoms. The lowest BCUT2D eigenvalue weighted by Gasteiger charge is -2.24. The molecule has 0 saturated carbocycles. The summed E-state index contributed by atoms with van der Waals surface area (Å²) in [5, 5.41) is 7.17. The fourth-order valence-electron chi connectivity index (χ4n) is 3.18. The second-order valence-electron chi connectivity index (χ2n) is 9.08. The number of nitrogens with two attached hydrogens (primary N) is 1. The molecule has 3 aromatic rings. The first kappa shape index (κ1) is 27.0. The van der Waals surface area contributed by atoms with Gasteiger partial charge in [-0.3, -0.25) is 14.7 Å². The number of carbonyl (C=O) groups is 2. The Hall–Kier alpha value is -3.64. The maximum Gasteiger partial charge on any atom is 0.415 e. The number of anilines is 2. The number of carbonyl (C=O) groups excluding carboxylic acids is 2. The third-order valence-electron chi connectivity index (χ3n) is 4.85. The lowest BCUT2D eigenvalue weighted by atomic mass is 10.2. The summed E-state index contributed by atoms with van der Waals surface area (Å²) in [6, 6.07) is 2.79. The average Bonchev–Trinajstić information content (AvgIpc) is 3.20. The molecule has 12 nitrogen and oxygen atoms in total. The van der Waals surface area contributed by atoms with Gasteiger partial charge in [-0.15, -0.1) is 0 Å². The van der Waals surface area contributed by atoms with Crippen molar-refractivity contribution in [3.8, 4) is 5.75 Å². The Kier molecular flexibility index (Phi) is 8.21. The van der Waals surface area contributed by atoms with Gasteiger partial charge in [-0.2, -0.15) is 9.61 Å². The lowest BCUT2D eigenvalue weighted by molar-refractivity contribution is 0.0587. The molecule has 2 amide bonds. The number of halogens is 1. The fourth-order valence-corrected chi connectivity index (χ4v) is 3.36. The quantitative estimate of drug-likeness (QED) is 0.428. The molecular weight excluding hydrogens is 490 g/mol. The van der Waals surface area contributed by atoms with Gasteiger partial charge in [-0.1, -0.05) is 11.6 Å². The molecule has 3 rings (SSSR count). The largest absolute Gasteiger partial charge is 0.493 e. The number of amides is 2. The van der Waals surface area contributed by atoms with Gasteiger partial charge in [0.15, 0.2) is 11.4 Å². The van der Waals surface area contributed by atoms with E-state index in [-0.39, 0.29) is 35.6 Å². The Bertz CT molecular complexity index is 1260. The molecular formula is C23H30ClN7O5. The molecule has 0 bridgehead atoms. The van der Waals surface area contributed by atoms with Gasteiger partial charge in [0, 0.05) is 19.2 Å². The van der Waals surface area contributed by atoms with Crippen LogP contribution in [0, 0.1) is 0 Å². The number of nitrogen functional groups attached to an aromatic ring is 1. The van der Waals surface area contributed by atoms with Gasteiger partial charge >= 0.3 is 6.09 Å². The molecule has 0 aliphatic carbocycles. The van der Waals surface area contributed by atoms with Crippen LogP contribution in [-0.4, -0.2) is 64.0 Å². The van der Waals surface area contributed by atoms with Gasteiger partial charge in [0.25, 0.3) is 5.91 Å². The zero-order valence-electron chi connectivity index (χ0n) is 21.0. The first-order valence-corrected chi connectivity index (χ1v) is 11.5. The normalized spacial score (nSPS) is 12.3. The van der Waals surface area contributed by atoms with Crippen LogP contribution in [0.2, 0.25) is 5.15 Å². The van der Waals surface area contributed by atoms with E-state index in [0.29, 0.717) is 22.9 Å². The van der Waals surface area contributed by atoms with Crippen molar-refractivity contribution in [1.29, 1.82) is 0 Å². The Morgan fingerprint density at radius 1 is 1.28 bits per heavy atom. The van der Waals surface area contributed by atoms with Crippen LogP contribution in [-0.2, 0) is 16.1 Å². The average molecular weight is 520 g/mol.